The number of nitrogens with zero attached hydrogens (tertiary/aromatic N) is 1. The van der Waals surface area contributed by atoms with E-state index in [0.29, 0.717) is 11.1 Å². The molecule has 1 unspecified atom stereocenters. The fourth-order valence-electron chi connectivity index (χ4n) is 3.45. The monoisotopic (exact) mass is 428 g/mol. The molecule has 2 heterocycles. The molecule has 2 aliphatic rings. The van der Waals surface area contributed by atoms with Gasteiger partial charge in [0, 0.05) is 11.8 Å². The molecule has 0 bridgehead atoms. The number of carbonyl (C=O) groups excluding carboxylic acids is 3. The fraction of sp³-hybridized carbons (Fsp3) is 0.235. The predicted octanol–water partition coefficient (Wildman–Crippen LogP) is 1.83. The first-order valence-electron chi connectivity index (χ1n) is 8.24. The van der Waals surface area contributed by atoms with Crippen LogP contribution >= 0.6 is 0 Å². The van der Waals surface area contributed by atoms with Crippen LogP contribution in [0.2, 0.25) is 0 Å². The van der Waals surface area contributed by atoms with Gasteiger partial charge < -0.3 is 4.18 Å². The van der Waals surface area contributed by atoms with E-state index in [-0.39, 0.29) is 23.8 Å². The third-order valence-electron chi connectivity index (χ3n) is 4.65. The fourth-order valence-corrected chi connectivity index (χ4v) is 3.89. The van der Waals surface area contributed by atoms with Gasteiger partial charge in [-0.3, -0.25) is 24.6 Å². The van der Waals surface area contributed by atoms with E-state index in [2.05, 4.69) is 9.50 Å². The molecule has 12 heteroatoms. The van der Waals surface area contributed by atoms with E-state index < -0.39 is 45.1 Å². The van der Waals surface area contributed by atoms with Crippen molar-refractivity contribution in [2.24, 2.45) is 0 Å². The second-order valence-electron chi connectivity index (χ2n) is 6.47. The molecular weight excluding hydrogens is 417 g/mol. The van der Waals surface area contributed by atoms with E-state index in [1.807, 2.05) is 0 Å². The number of anilines is 1. The minimum atomic E-state index is -5.92. The number of hydrogen-bond acceptors (Lipinski definition) is 6. The molecule has 1 N–H and O–H groups in total. The molecule has 4 rings (SSSR count). The van der Waals surface area contributed by atoms with Gasteiger partial charge in [-0.25, -0.2) is 0 Å². The summed E-state index contributed by atoms with van der Waals surface area (Å²) < 4.78 is 64.6. The van der Waals surface area contributed by atoms with Crippen molar-refractivity contribution in [2.75, 3.05) is 4.90 Å². The Morgan fingerprint density at radius 3 is 2.52 bits per heavy atom. The van der Waals surface area contributed by atoms with Gasteiger partial charge in [0.1, 0.15) is 11.8 Å². The quantitative estimate of drug-likeness (QED) is 0.454. The van der Waals surface area contributed by atoms with Crippen molar-refractivity contribution in [2.45, 2.75) is 24.4 Å². The lowest BCUT2D eigenvalue weighted by Crippen LogP contribution is -2.53. The Hall–Kier alpha value is -3.15. The highest BCUT2D eigenvalue weighted by molar-refractivity contribution is 7.88. The number of halogens is 3. The molecule has 3 amide bonds. The third kappa shape index (κ3) is 2.99. The summed E-state index contributed by atoms with van der Waals surface area (Å²) in [4.78, 5) is 37.7. The maximum absolute atomic E-state index is 13.0. The second kappa shape index (κ2) is 6.17. The van der Waals surface area contributed by atoms with Crippen LogP contribution in [0.3, 0.4) is 0 Å². The third-order valence-corrected chi connectivity index (χ3v) is 5.63. The highest BCUT2D eigenvalue weighted by atomic mass is 32.2. The molecule has 29 heavy (non-hydrogen) atoms. The van der Waals surface area contributed by atoms with Crippen LogP contribution in [0.25, 0.3) is 10.8 Å². The Balaban J connectivity index is 1.79. The Morgan fingerprint density at radius 1 is 1.14 bits per heavy atom. The van der Waals surface area contributed by atoms with Crippen LogP contribution in [-0.4, -0.2) is 37.7 Å². The normalized spacial score (nSPS) is 19.6. The molecule has 0 aliphatic carbocycles. The highest BCUT2D eigenvalue weighted by Gasteiger charge is 2.49. The van der Waals surface area contributed by atoms with Crippen LogP contribution in [0.1, 0.15) is 23.2 Å². The highest BCUT2D eigenvalue weighted by Crippen LogP contribution is 2.42. The minimum absolute atomic E-state index is 0.0185. The van der Waals surface area contributed by atoms with Crippen LogP contribution in [0.5, 0.6) is 5.75 Å². The number of hydrogen-bond donors (Lipinski definition) is 1. The smallest absolute Gasteiger partial charge is 0.376 e. The molecule has 1 atom stereocenters. The summed E-state index contributed by atoms with van der Waals surface area (Å²) in [6, 6.07) is 5.49. The lowest BCUT2D eigenvalue weighted by atomic mass is 10.0. The summed E-state index contributed by atoms with van der Waals surface area (Å²) in [6.45, 7) is 0. The Kier molecular flexibility index (Phi) is 4.08. The number of piperidine rings is 1. The molecule has 0 aromatic heterocycles. The van der Waals surface area contributed by atoms with E-state index >= 15 is 0 Å². The lowest BCUT2D eigenvalue weighted by Gasteiger charge is -2.30. The maximum Gasteiger partial charge on any atom is 0.534 e. The summed E-state index contributed by atoms with van der Waals surface area (Å²) in [7, 11) is -5.92. The van der Waals surface area contributed by atoms with Crippen LogP contribution in [-0.2, 0) is 19.7 Å². The van der Waals surface area contributed by atoms with E-state index in [1.54, 1.807) is 6.07 Å². The zero-order valence-electron chi connectivity index (χ0n) is 14.3. The number of amides is 3. The lowest BCUT2D eigenvalue weighted by molar-refractivity contribution is -0.134. The molecule has 0 saturated carbocycles. The van der Waals surface area contributed by atoms with Crippen molar-refractivity contribution >= 4 is 44.3 Å². The first-order chi connectivity index (χ1) is 13.5. The number of benzene rings is 2. The van der Waals surface area contributed by atoms with Gasteiger partial charge in [0.15, 0.2) is 0 Å². The molecule has 1 fully saturated rings. The van der Waals surface area contributed by atoms with Crippen molar-refractivity contribution in [3.63, 3.8) is 0 Å². The van der Waals surface area contributed by atoms with Crippen LogP contribution in [0.4, 0.5) is 18.9 Å². The molecule has 2 aliphatic heterocycles. The first-order valence-corrected chi connectivity index (χ1v) is 9.65. The predicted molar refractivity (Wildman–Crippen MR) is 92.5 cm³/mol. The average molecular weight is 428 g/mol. The van der Waals surface area contributed by atoms with Crippen molar-refractivity contribution in [1.29, 1.82) is 0 Å². The second-order valence-corrected chi connectivity index (χ2v) is 8.01. The summed E-state index contributed by atoms with van der Waals surface area (Å²) >= 11 is 0. The zero-order valence-corrected chi connectivity index (χ0v) is 15.1. The zero-order chi connectivity index (χ0) is 21.1. The molecule has 2 aromatic rings. The standard InChI is InChI=1S/C17H11F3N2O6S/c18-17(19,20)29(26,27)28-9-6-8-2-1-3-11-14(8)10(7-9)16(25)22(11)12-4-5-13(23)21-15(12)24/h1-3,6-7,12H,4-5H2,(H,21,23,24). The molecular formula is C17H11F3N2O6S. The summed E-state index contributed by atoms with van der Waals surface area (Å²) in [5, 5.41) is 2.75. The van der Waals surface area contributed by atoms with Gasteiger partial charge in [-0.15, -0.1) is 0 Å². The van der Waals surface area contributed by atoms with Gasteiger partial charge in [0.05, 0.1) is 11.3 Å². The van der Waals surface area contributed by atoms with Gasteiger partial charge in [-0.2, -0.15) is 21.6 Å². The van der Waals surface area contributed by atoms with Gasteiger partial charge in [0.25, 0.3) is 5.91 Å². The number of nitrogens with one attached hydrogen (secondary N) is 1. The van der Waals surface area contributed by atoms with Crippen molar-refractivity contribution in [3.8, 4) is 5.75 Å². The molecule has 152 valence electrons. The van der Waals surface area contributed by atoms with E-state index in [1.165, 1.54) is 12.1 Å². The number of carbonyl (C=O) groups is 3. The minimum Gasteiger partial charge on any atom is -0.376 e. The first kappa shape index (κ1) is 19.2. The Bertz CT molecular complexity index is 1190. The van der Waals surface area contributed by atoms with Crippen LogP contribution in [0.15, 0.2) is 30.3 Å². The summed E-state index contributed by atoms with van der Waals surface area (Å²) in [5.41, 5.74) is -5.40. The number of rotatable bonds is 3. The van der Waals surface area contributed by atoms with Gasteiger partial charge in [0.2, 0.25) is 11.8 Å². The topological polar surface area (TPSA) is 110 Å². The van der Waals surface area contributed by atoms with Gasteiger partial charge in [-0.1, -0.05) is 12.1 Å². The molecule has 0 radical (unpaired) electrons. The molecule has 8 nitrogen and oxygen atoms in total. The largest absolute Gasteiger partial charge is 0.534 e. The van der Waals surface area contributed by atoms with Gasteiger partial charge in [-0.05, 0) is 30.0 Å². The molecule has 2 aromatic carbocycles. The summed E-state index contributed by atoms with van der Waals surface area (Å²) in [5.74, 6) is -2.53. The van der Waals surface area contributed by atoms with Gasteiger partial charge >= 0.3 is 15.6 Å². The number of alkyl halides is 3. The molecule has 1 saturated heterocycles. The maximum atomic E-state index is 13.0. The molecule has 0 spiro atoms. The van der Waals surface area contributed by atoms with E-state index in [9.17, 15) is 36.0 Å². The SMILES string of the molecule is O=C1CCC(N2C(=O)c3cc(OS(=O)(=O)C(F)(F)F)cc4cccc2c34)C(=O)N1. The van der Waals surface area contributed by atoms with E-state index in [4.69, 9.17) is 0 Å². The van der Waals surface area contributed by atoms with Crippen molar-refractivity contribution < 1.29 is 40.2 Å². The van der Waals surface area contributed by atoms with Crippen LogP contribution < -0.4 is 14.4 Å². The van der Waals surface area contributed by atoms with Crippen molar-refractivity contribution in [1.82, 2.24) is 5.32 Å². The van der Waals surface area contributed by atoms with Crippen molar-refractivity contribution in [3.05, 3.63) is 35.9 Å². The number of imide groups is 1. The Labute approximate surface area is 161 Å². The average Bonchev–Trinajstić information content (AvgIpc) is 2.88. The Morgan fingerprint density at radius 2 is 1.86 bits per heavy atom. The summed E-state index contributed by atoms with van der Waals surface area (Å²) in [6.07, 6.45) is 0.0945. The van der Waals surface area contributed by atoms with E-state index in [0.717, 1.165) is 17.0 Å². The van der Waals surface area contributed by atoms with Crippen LogP contribution in [0, 0.1) is 0 Å².